The van der Waals surface area contributed by atoms with Gasteiger partial charge in [-0.1, -0.05) is 19.1 Å². The maximum atomic E-state index is 13.5. The third kappa shape index (κ3) is 7.63. The van der Waals surface area contributed by atoms with Crippen molar-refractivity contribution in [3.63, 3.8) is 0 Å². The van der Waals surface area contributed by atoms with Gasteiger partial charge in [-0.3, -0.25) is 0 Å². The van der Waals surface area contributed by atoms with Crippen molar-refractivity contribution in [1.29, 1.82) is 0 Å². The topological polar surface area (TPSA) is 79.8 Å². The van der Waals surface area contributed by atoms with Crippen LogP contribution in [0.4, 0.5) is 4.39 Å². The Labute approximate surface area is 143 Å². The highest BCUT2D eigenvalue weighted by Gasteiger charge is 2.09. The summed E-state index contributed by atoms with van der Waals surface area (Å²) in [6.45, 7) is 6.57. The van der Waals surface area contributed by atoms with E-state index in [1.165, 1.54) is 6.07 Å². The van der Waals surface area contributed by atoms with E-state index in [4.69, 9.17) is 4.74 Å². The van der Waals surface area contributed by atoms with Gasteiger partial charge >= 0.3 is 0 Å². The van der Waals surface area contributed by atoms with Crippen molar-refractivity contribution in [2.45, 2.75) is 26.9 Å². The summed E-state index contributed by atoms with van der Waals surface area (Å²) in [5.74, 6) is 0.452. The highest BCUT2D eigenvalue weighted by Crippen LogP contribution is 2.16. The van der Waals surface area contributed by atoms with E-state index in [0.29, 0.717) is 19.0 Å². The number of halogens is 1. The zero-order chi connectivity index (χ0) is 18.0. The molecule has 0 aliphatic rings. The van der Waals surface area contributed by atoms with Gasteiger partial charge in [0.05, 0.1) is 12.3 Å². The predicted molar refractivity (Wildman–Crippen MR) is 94.8 cm³/mol. The Balaban J connectivity index is 2.53. The second-order valence-electron chi connectivity index (χ2n) is 5.24. The molecule has 1 unspecified atom stereocenters. The Morgan fingerprint density at radius 2 is 2.00 bits per heavy atom. The number of rotatable bonds is 9. The lowest BCUT2D eigenvalue weighted by Gasteiger charge is -2.15. The van der Waals surface area contributed by atoms with Gasteiger partial charge in [-0.15, -0.1) is 0 Å². The molecule has 0 heterocycles. The van der Waals surface area contributed by atoms with Gasteiger partial charge in [-0.25, -0.2) is 17.8 Å². The van der Waals surface area contributed by atoms with E-state index in [1.807, 2.05) is 6.92 Å². The molecule has 1 rings (SSSR count). The van der Waals surface area contributed by atoms with Crippen LogP contribution in [0.5, 0.6) is 5.75 Å². The highest BCUT2D eigenvalue weighted by molar-refractivity contribution is 7.91. The third-order valence-electron chi connectivity index (χ3n) is 3.16. The van der Waals surface area contributed by atoms with Gasteiger partial charge < -0.3 is 15.4 Å². The minimum absolute atomic E-state index is 0.0508. The number of hydrogen-bond donors (Lipinski definition) is 2. The van der Waals surface area contributed by atoms with E-state index in [2.05, 4.69) is 15.6 Å². The molecule has 1 aromatic rings. The lowest BCUT2D eigenvalue weighted by atomic mass is 10.3. The Morgan fingerprint density at radius 3 is 2.62 bits per heavy atom. The molecular weight excluding hydrogens is 333 g/mol. The summed E-state index contributed by atoms with van der Waals surface area (Å²) < 4.78 is 42.0. The molecule has 0 saturated carbocycles. The zero-order valence-corrected chi connectivity index (χ0v) is 15.2. The van der Waals surface area contributed by atoms with Gasteiger partial charge in [0.15, 0.2) is 27.4 Å². The van der Waals surface area contributed by atoms with Gasteiger partial charge in [-0.2, -0.15) is 0 Å². The van der Waals surface area contributed by atoms with Crippen LogP contribution in [-0.2, 0) is 9.84 Å². The number of benzene rings is 1. The van der Waals surface area contributed by atoms with Gasteiger partial charge in [-0.05, 0) is 26.0 Å². The minimum Gasteiger partial charge on any atom is -0.486 e. The van der Waals surface area contributed by atoms with Crippen LogP contribution in [-0.4, -0.2) is 51.6 Å². The number of guanidine groups is 1. The molecular formula is C16H26FN3O3S. The lowest BCUT2D eigenvalue weighted by Crippen LogP contribution is -2.40. The molecule has 0 aliphatic carbocycles. The number of sulfone groups is 1. The molecule has 0 radical (unpaired) electrons. The maximum Gasteiger partial charge on any atom is 0.191 e. The first-order chi connectivity index (χ1) is 11.4. The molecule has 136 valence electrons. The number of hydrogen-bond acceptors (Lipinski definition) is 4. The Kier molecular flexibility index (Phi) is 8.53. The lowest BCUT2D eigenvalue weighted by molar-refractivity contribution is 0.220. The van der Waals surface area contributed by atoms with Crippen molar-refractivity contribution >= 4 is 15.8 Å². The number of nitrogens with one attached hydrogen (secondary N) is 2. The predicted octanol–water partition coefficient (Wildman–Crippen LogP) is 1.58. The molecule has 1 atom stereocenters. The van der Waals surface area contributed by atoms with Crippen molar-refractivity contribution in [2.75, 3.05) is 31.1 Å². The van der Waals surface area contributed by atoms with E-state index in [-0.39, 0.29) is 29.9 Å². The molecule has 24 heavy (non-hydrogen) atoms. The van der Waals surface area contributed by atoms with Gasteiger partial charge in [0.2, 0.25) is 0 Å². The highest BCUT2D eigenvalue weighted by atomic mass is 32.2. The van der Waals surface area contributed by atoms with Crippen molar-refractivity contribution < 1.29 is 17.5 Å². The first kappa shape index (κ1) is 20.2. The quantitative estimate of drug-likeness (QED) is 0.517. The van der Waals surface area contributed by atoms with Crippen molar-refractivity contribution in [2.24, 2.45) is 4.99 Å². The van der Waals surface area contributed by atoms with Crippen LogP contribution in [0.25, 0.3) is 0 Å². The molecule has 0 spiro atoms. The van der Waals surface area contributed by atoms with Crippen molar-refractivity contribution in [3.8, 4) is 5.75 Å². The normalized spacial score (nSPS) is 13.4. The molecule has 0 fully saturated rings. The van der Waals surface area contributed by atoms with Crippen LogP contribution in [0.3, 0.4) is 0 Å². The number of ether oxygens (including phenoxy) is 1. The molecule has 6 nitrogen and oxygen atoms in total. The van der Waals surface area contributed by atoms with Crippen LogP contribution in [0, 0.1) is 5.82 Å². The molecule has 0 amide bonds. The van der Waals surface area contributed by atoms with E-state index in [1.54, 1.807) is 32.0 Å². The standard InChI is InChI=1S/C16H26FN3O3S/c1-4-18-16(19-10-11-24(21,22)5-2)20-12-13(3)23-15-9-7-6-8-14(15)17/h6-9,13H,4-5,10-12H2,1-3H3,(H2,18,19,20). The second-order valence-corrected chi connectivity index (χ2v) is 7.71. The van der Waals surface area contributed by atoms with E-state index >= 15 is 0 Å². The fourth-order valence-corrected chi connectivity index (χ4v) is 2.53. The van der Waals surface area contributed by atoms with E-state index in [9.17, 15) is 12.8 Å². The van der Waals surface area contributed by atoms with Gasteiger partial charge in [0.25, 0.3) is 0 Å². The van der Waals surface area contributed by atoms with Crippen LogP contribution in [0.2, 0.25) is 0 Å². The van der Waals surface area contributed by atoms with Gasteiger partial charge in [0, 0.05) is 18.8 Å². The second kappa shape index (κ2) is 10.1. The fraction of sp³-hybridized carbons (Fsp3) is 0.562. The van der Waals surface area contributed by atoms with Crippen LogP contribution >= 0.6 is 0 Å². The summed E-state index contributed by atoms with van der Waals surface area (Å²) in [5, 5.41) is 6.00. The average Bonchev–Trinajstić information content (AvgIpc) is 2.54. The van der Waals surface area contributed by atoms with E-state index < -0.39 is 15.7 Å². The minimum atomic E-state index is -3.02. The van der Waals surface area contributed by atoms with Crippen molar-refractivity contribution in [1.82, 2.24) is 10.6 Å². The summed E-state index contributed by atoms with van der Waals surface area (Å²) in [5.41, 5.74) is 0. The number of aliphatic imine (C=N–C) groups is 1. The molecule has 0 aliphatic heterocycles. The maximum absolute atomic E-state index is 13.5. The molecule has 2 N–H and O–H groups in total. The summed E-state index contributed by atoms with van der Waals surface area (Å²) in [7, 11) is -3.02. The molecule has 0 aromatic heterocycles. The Bertz CT molecular complexity index is 635. The monoisotopic (exact) mass is 359 g/mol. The summed E-state index contributed by atoms with van der Waals surface area (Å²) in [4.78, 5) is 4.34. The molecule has 8 heteroatoms. The first-order valence-corrected chi connectivity index (χ1v) is 9.83. The smallest absolute Gasteiger partial charge is 0.191 e. The third-order valence-corrected chi connectivity index (χ3v) is 4.87. The first-order valence-electron chi connectivity index (χ1n) is 8.01. The fourth-order valence-electron chi connectivity index (χ4n) is 1.83. The number of para-hydroxylation sites is 1. The summed E-state index contributed by atoms with van der Waals surface area (Å²) >= 11 is 0. The molecule has 1 aromatic carbocycles. The average molecular weight is 359 g/mol. The Hall–Kier alpha value is -1.83. The zero-order valence-electron chi connectivity index (χ0n) is 14.4. The summed E-state index contributed by atoms with van der Waals surface area (Å²) in [6, 6.07) is 6.20. The van der Waals surface area contributed by atoms with Crippen molar-refractivity contribution in [3.05, 3.63) is 30.1 Å². The molecule has 0 saturated heterocycles. The molecule has 0 bridgehead atoms. The van der Waals surface area contributed by atoms with Crippen LogP contribution in [0.1, 0.15) is 20.8 Å². The Morgan fingerprint density at radius 1 is 1.29 bits per heavy atom. The number of nitrogens with zero attached hydrogens (tertiary/aromatic N) is 1. The van der Waals surface area contributed by atoms with Gasteiger partial charge in [0.1, 0.15) is 6.10 Å². The largest absolute Gasteiger partial charge is 0.486 e. The summed E-state index contributed by atoms with van der Waals surface area (Å²) in [6.07, 6.45) is -0.322. The van der Waals surface area contributed by atoms with Crippen LogP contribution < -0.4 is 15.4 Å². The van der Waals surface area contributed by atoms with Crippen LogP contribution in [0.15, 0.2) is 29.3 Å². The SMILES string of the molecule is CCNC(=NCC(C)Oc1ccccc1F)NCCS(=O)(=O)CC. The van der Waals surface area contributed by atoms with E-state index in [0.717, 1.165) is 0 Å².